The number of amides is 4. The SMILES string of the molecule is Cc1cc(N)cnc1-n1cc(-c2cnc(C(=O)Nc3ccc(C(=O)N4CCN(C(=O)C5CCN(C(=O)OC(C)(C)C)CC5)CC4)c(Cl)c3)n2C)c(C(F)(F)F)n1. The van der Waals surface area contributed by atoms with Crippen molar-refractivity contribution in [2.24, 2.45) is 13.0 Å². The Kier molecular flexibility index (Phi) is 11.1. The first-order chi connectivity index (χ1) is 26.3. The lowest BCUT2D eigenvalue weighted by molar-refractivity contribution is -0.141. The van der Waals surface area contributed by atoms with E-state index in [2.05, 4.69) is 20.4 Å². The number of nitrogens with one attached hydrogen (secondary N) is 1. The van der Waals surface area contributed by atoms with Gasteiger partial charge in [-0.05, 0) is 70.4 Å². The topological polar surface area (TPSA) is 174 Å². The highest BCUT2D eigenvalue weighted by Gasteiger charge is 2.39. The highest BCUT2D eigenvalue weighted by atomic mass is 35.5. The van der Waals surface area contributed by atoms with E-state index in [9.17, 15) is 32.3 Å². The summed E-state index contributed by atoms with van der Waals surface area (Å²) in [6, 6.07) is 5.91. The summed E-state index contributed by atoms with van der Waals surface area (Å²) in [5.74, 6) is -1.34. The van der Waals surface area contributed by atoms with Crippen molar-refractivity contribution in [1.29, 1.82) is 0 Å². The number of likely N-dealkylation sites (tertiary alicyclic amines) is 1. The van der Waals surface area contributed by atoms with Crippen LogP contribution in [0.15, 0.2) is 42.9 Å². The number of piperidine rings is 1. The third kappa shape index (κ3) is 8.59. The molecular formula is C37H42ClF3N10O5. The van der Waals surface area contributed by atoms with Crippen molar-refractivity contribution in [1.82, 2.24) is 39.0 Å². The van der Waals surface area contributed by atoms with E-state index in [1.165, 1.54) is 42.2 Å². The summed E-state index contributed by atoms with van der Waals surface area (Å²) in [6.45, 7) is 9.20. The average Bonchev–Trinajstić information content (AvgIpc) is 3.74. The molecule has 3 aromatic heterocycles. The average molecular weight is 799 g/mol. The molecule has 0 saturated carbocycles. The number of benzene rings is 1. The normalized spacial score (nSPS) is 15.6. The number of ether oxygens (including phenoxy) is 1. The first-order valence-corrected chi connectivity index (χ1v) is 18.3. The predicted octanol–water partition coefficient (Wildman–Crippen LogP) is 5.41. The van der Waals surface area contributed by atoms with Crippen molar-refractivity contribution in [2.75, 3.05) is 50.3 Å². The lowest BCUT2D eigenvalue weighted by Gasteiger charge is -2.38. The van der Waals surface area contributed by atoms with E-state index in [4.69, 9.17) is 22.1 Å². The zero-order valence-corrected chi connectivity index (χ0v) is 32.2. The molecule has 3 N–H and O–H groups in total. The number of nitrogens with two attached hydrogens (primary N) is 1. The molecule has 298 valence electrons. The molecule has 6 rings (SSSR count). The Morgan fingerprint density at radius 1 is 0.929 bits per heavy atom. The van der Waals surface area contributed by atoms with Gasteiger partial charge in [-0.3, -0.25) is 14.4 Å². The number of carbonyl (C=O) groups is 4. The van der Waals surface area contributed by atoms with Gasteiger partial charge in [0.05, 0.1) is 39.9 Å². The zero-order chi connectivity index (χ0) is 40.7. The second-order valence-electron chi connectivity index (χ2n) is 14.8. The van der Waals surface area contributed by atoms with E-state index in [1.54, 1.807) is 48.5 Å². The molecule has 0 atom stereocenters. The third-order valence-electron chi connectivity index (χ3n) is 9.57. The fraction of sp³-hybridized carbons (Fsp3) is 0.432. The molecule has 0 unspecified atom stereocenters. The van der Waals surface area contributed by atoms with E-state index in [1.807, 2.05) is 0 Å². The van der Waals surface area contributed by atoms with Crippen LogP contribution in [0, 0.1) is 12.8 Å². The van der Waals surface area contributed by atoms with Crippen molar-refractivity contribution in [2.45, 2.75) is 52.3 Å². The number of nitrogen functional groups attached to an aromatic ring is 1. The number of halogens is 4. The number of alkyl halides is 3. The van der Waals surface area contributed by atoms with Gasteiger partial charge in [0, 0.05) is 64.1 Å². The first kappa shape index (κ1) is 40.0. The summed E-state index contributed by atoms with van der Waals surface area (Å²) in [5.41, 5.74) is 4.89. The maximum Gasteiger partial charge on any atom is 0.435 e. The molecule has 2 saturated heterocycles. The van der Waals surface area contributed by atoms with Gasteiger partial charge in [0.2, 0.25) is 5.91 Å². The van der Waals surface area contributed by atoms with Crippen LogP contribution in [0.5, 0.6) is 0 Å². The molecule has 56 heavy (non-hydrogen) atoms. The van der Waals surface area contributed by atoms with Crippen molar-refractivity contribution in [3.63, 3.8) is 0 Å². The molecule has 0 aliphatic carbocycles. The van der Waals surface area contributed by atoms with E-state index in [0.717, 1.165) is 10.9 Å². The van der Waals surface area contributed by atoms with Gasteiger partial charge < -0.3 is 35.1 Å². The molecule has 0 radical (unpaired) electrons. The summed E-state index contributed by atoms with van der Waals surface area (Å²) in [4.78, 5) is 65.6. The van der Waals surface area contributed by atoms with Crippen LogP contribution in [-0.2, 0) is 22.8 Å². The number of imidazole rings is 1. The molecule has 2 aliphatic heterocycles. The van der Waals surface area contributed by atoms with Crippen LogP contribution < -0.4 is 11.1 Å². The van der Waals surface area contributed by atoms with E-state index < -0.39 is 23.4 Å². The number of nitrogens with zero attached hydrogens (tertiary/aromatic N) is 8. The van der Waals surface area contributed by atoms with Crippen LogP contribution in [-0.4, -0.2) is 108 Å². The number of hydrogen-bond donors (Lipinski definition) is 2. The fourth-order valence-corrected chi connectivity index (χ4v) is 6.99. The van der Waals surface area contributed by atoms with Gasteiger partial charge in [0.15, 0.2) is 17.3 Å². The minimum atomic E-state index is -4.83. The van der Waals surface area contributed by atoms with Gasteiger partial charge in [-0.15, -0.1) is 0 Å². The predicted molar refractivity (Wildman–Crippen MR) is 200 cm³/mol. The van der Waals surface area contributed by atoms with Crippen molar-refractivity contribution < 1.29 is 37.1 Å². The van der Waals surface area contributed by atoms with Gasteiger partial charge in [0.1, 0.15) is 5.60 Å². The van der Waals surface area contributed by atoms with Crippen LogP contribution in [0.3, 0.4) is 0 Å². The quantitative estimate of drug-likeness (QED) is 0.259. The van der Waals surface area contributed by atoms with Crippen LogP contribution >= 0.6 is 11.6 Å². The van der Waals surface area contributed by atoms with Crippen molar-refractivity contribution in [3.05, 3.63) is 70.5 Å². The summed E-state index contributed by atoms with van der Waals surface area (Å²) in [7, 11) is 1.40. The Hall–Kier alpha value is -5.65. The fourth-order valence-electron chi connectivity index (χ4n) is 6.73. The minimum absolute atomic E-state index is 0.000287. The number of piperazine rings is 1. The molecule has 4 aromatic rings. The maximum absolute atomic E-state index is 14.2. The standard InChI is InChI=1S/C37H42ClF3N10O5/c1-21-16-23(42)18-43-30(21)51-20-26(29(46-51)37(39,40)41)28-19-44-31(47(28)5)32(52)45-24-6-7-25(27(38)17-24)34(54)49-14-12-48(13-15-49)33(53)22-8-10-50(11-9-22)35(55)56-36(2,3)4/h6-7,16-20,22H,8-15,42H2,1-5H3,(H,45,52). The lowest BCUT2D eigenvalue weighted by Crippen LogP contribution is -2.53. The highest BCUT2D eigenvalue weighted by molar-refractivity contribution is 6.34. The van der Waals surface area contributed by atoms with Crippen molar-refractivity contribution >= 4 is 46.8 Å². The molecule has 2 fully saturated rings. The summed E-state index contributed by atoms with van der Waals surface area (Å²) in [6.07, 6.45) is -0.532. The second-order valence-corrected chi connectivity index (χ2v) is 15.2. The summed E-state index contributed by atoms with van der Waals surface area (Å²) >= 11 is 6.52. The van der Waals surface area contributed by atoms with Crippen LogP contribution in [0.25, 0.3) is 17.1 Å². The van der Waals surface area contributed by atoms with Crippen LogP contribution in [0.2, 0.25) is 5.02 Å². The number of rotatable bonds is 6. The molecule has 2 aliphatic rings. The number of aryl methyl sites for hydroxylation is 1. The molecule has 1 aromatic carbocycles. The van der Waals surface area contributed by atoms with Gasteiger partial charge in [-0.1, -0.05) is 11.6 Å². The second kappa shape index (κ2) is 15.5. The lowest BCUT2D eigenvalue weighted by atomic mass is 9.95. The Morgan fingerprint density at radius 3 is 2.20 bits per heavy atom. The molecule has 0 spiro atoms. The van der Waals surface area contributed by atoms with Gasteiger partial charge in [-0.25, -0.2) is 19.4 Å². The monoisotopic (exact) mass is 798 g/mol. The largest absolute Gasteiger partial charge is 0.444 e. The smallest absolute Gasteiger partial charge is 0.435 e. The Labute approximate surface area is 325 Å². The summed E-state index contributed by atoms with van der Waals surface area (Å²) < 4.78 is 50.1. The van der Waals surface area contributed by atoms with Gasteiger partial charge in [0.25, 0.3) is 11.8 Å². The van der Waals surface area contributed by atoms with Gasteiger partial charge >= 0.3 is 12.3 Å². The maximum atomic E-state index is 14.2. The minimum Gasteiger partial charge on any atom is -0.444 e. The van der Waals surface area contributed by atoms with Gasteiger partial charge in [-0.2, -0.15) is 18.3 Å². The molecule has 0 bridgehead atoms. The van der Waals surface area contributed by atoms with Crippen LogP contribution in [0.1, 0.15) is 65.8 Å². The Morgan fingerprint density at radius 2 is 1.59 bits per heavy atom. The number of pyridine rings is 1. The third-order valence-corrected chi connectivity index (χ3v) is 9.88. The van der Waals surface area contributed by atoms with E-state index >= 15 is 0 Å². The summed E-state index contributed by atoms with van der Waals surface area (Å²) in [5, 5.41) is 6.47. The number of carbonyl (C=O) groups excluding carboxylic acids is 4. The zero-order valence-electron chi connectivity index (χ0n) is 31.5. The van der Waals surface area contributed by atoms with Crippen molar-refractivity contribution in [3.8, 4) is 17.1 Å². The van der Waals surface area contributed by atoms with Crippen LogP contribution in [0.4, 0.5) is 29.3 Å². The Bertz CT molecular complexity index is 2160. The molecule has 19 heteroatoms. The van der Waals surface area contributed by atoms with E-state index in [-0.39, 0.29) is 63.0 Å². The highest BCUT2D eigenvalue weighted by Crippen LogP contribution is 2.37. The molecular weight excluding hydrogens is 757 g/mol. The number of aromatic nitrogens is 5. The number of anilines is 2. The molecule has 4 amide bonds. The van der Waals surface area contributed by atoms with E-state index in [0.29, 0.717) is 63.4 Å². The number of hydrogen-bond acceptors (Lipinski definition) is 9. The first-order valence-electron chi connectivity index (χ1n) is 17.9. The Balaban J connectivity index is 1.07. The molecule has 5 heterocycles. The molecule has 15 nitrogen and oxygen atoms in total.